The lowest BCUT2D eigenvalue weighted by molar-refractivity contribution is 0.0559. The Hall–Kier alpha value is -0.770. The summed E-state index contributed by atoms with van der Waals surface area (Å²) in [7, 11) is 0. The lowest BCUT2D eigenvalue weighted by atomic mass is 9.93. The van der Waals surface area contributed by atoms with Crippen molar-refractivity contribution in [2.45, 2.75) is 40.2 Å². The first kappa shape index (κ1) is 14.3. The summed E-state index contributed by atoms with van der Waals surface area (Å²) in [6.07, 6.45) is 1.51. The summed E-state index contributed by atoms with van der Waals surface area (Å²) in [5.74, 6) is 2.08. The summed E-state index contributed by atoms with van der Waals surface area (Å²) in [6.45, 7) is 12.2. The fourth-order valence-electron chi connectivity index (χ4n) is 2.31. The predicted octanol–water partition coefficient (Wildman–Crippen LogP) is 1.62. The number of hydrogen-bond acceptors (Lipinski definition) is 2. The van der Waals surface area contributed by atoms with Crippen molar-refractivity contribution in [1.82, 2.24) is 10.6 Å². The molecule has 1 heterocycles. The average Bonchev–Trinajstić information content (AvgIpc) is 2.74. The van der Waals surface area contributed by atoms with Crippen LogP contribution in [0.5, 0.6) is 0 Å². The second-order valence-corrected chi connectivity index (χ2v) is 4.88. The van der Waals surface area contributed by atoms with Gasteiger partial charge in [0.15, 0.2) is 5.96 Å². The molecule has 0 aromatic carbocycles. The van der Waals surface area contributed by atoms with Gasteiger partial charge in [-0.1, -0.05) is 13.8 Å². The molecule has 1 rings (SSSR count). The molecule has 1 aliphatic rings. The molecule has 0 bridgehead atoms. The van der Waals surface area contributed by atoms with E-state index in [4.69, 9.17) is 4.74 Å². The summed E-state index contributed by atoms with van der Waals surface area (Å²) >= 11 is 0. The Kier molecular flexibility index (Phi) is 6.34. The van der Waals surface area contributed by atoms with Crippen LogP contribution in [0.25, 0.3) is 0 Å². The summed E-state index contributed by atoms with van der Waals surface area (Å²) in [5, 5.41) is 6.50. The molecule has 0 saturated carbocycles. The van der Waals surface area contributed by atoms with Gasteiger partial charge in [-0.3, -0.25) is 4.99 Å². The van der Waals surface area contributed by atoms with Crippen molar-refractivity contribution >= 4 is 5.96 Å². The van der Waals surface area contributed by atoms with E-state index in [9.17, 15) is 0 Å². The molecule has 1 aliphatic heterocycles. The van der Waals surface area contributed by atoms with Gasteiger partial charge in [0.25, 0.3) is 0 Å². The first-order valence-electron chi connectivity index (χ1n) is 6.82. The van der Waals surface area contributed by atoms with Crippen LogP contribution in [0.1, 0.15) is 34.1 Å². The van der Waals surface area contributed by atoms with E-state index in [1.807, 2.05) is 0 Å². The summed E-state index contributed by atoms with van der Waals surface area (Å²) in [4.78, 5) is 4.63. The Morgan fingerprint density at radius 1 is 1.29 bits per heavy atom. The van der Waals surface area contributed by atoms with Crippen LogP contribution in [0.3, 0.4) is 0 Å². The van der Waals surface area contributed by atoms with Crippen LogP contribution in [0.2, 0.25) is 0 Å². The standard InChI is InChI=1S/C13H27N3O/c1-5-14-13(15-6-2)16-9-11-7-8-17-12(11)10(3)4/h10-12H,5-9H2,1-4H3,(H2,14,15,16)/t11-,12+/m0/s1. The fourth-order valence-corrected chi connectivity index (χ4v) is 2.31. The van der Waals surface area contributed by atoms with E-state index in [-0.39, 0.29) is 0 Å². The molecule has 0 amide bonds. The molecule has 0 aromatic rings. The van der Waals surface area contributed by atoms with Gasteiger partial charge in [0.05, 0.1) is 6.10 Å². The predicted molar refractivity (Wildman–Crippen MR) is 72.3 cm³/mol. The smallest absolute Gasteiger partial charge is 0.191 e. The first-order chi connectivity index (χ1) is 8.19. The second-order valence-electron chi connectivity index (χ2n) is 4.88. The first-order valence-corrected chi connectivity index (χ1v) is 6.82. The zero-order chi connectivity index (χ0) is 12.7. The molecule has 100 valence electrons. The molecule has 17 heavy (non-hydrogen) atoms. The monoisotopic (exact) mass is 241 g/mol. The zero-order valence-corrected chi connectivity index (χ0v) is 11.6. The van der Waals surface area contributed by atoms with Crippen molar-refractivity contribution in [3.8, 4) is 0 Å². The van der Waals surface area contributed by atoms with Crippen LogP contribution in [0, 0.1) is 11.8 Å². The molecule has 0 radical (unpaired) electrons. The molecule has 2 atom stereocenters. The maximum Gasteiger partial charge on any atom is 0.191 e. The number of hydrogen-bond donors (Lipinski definition) is 2. The van der Waals surface area contributed by atoms with Gasteiger partial charge in [0, 0.05) is 32.2 Å². The zero-order valence-electron chi connectivity index (χ0n) is 11.6. The van der Waals surface area contributed by atoms with Gasteiger partial charge in [-0.2, -0.15) is 0 Å². The van der Waals surface area contributed by atoms with Crippen molar-refractivity contribution in [2.24, 2.45) is 16.8 Å². The van der Waals surface area contributed by atoms with Crippen molar-refractivity contribution in [3.05, 3.63) is 0 Å². The molecular weight excluding hydrogens is 214 g/mol. The molecule has 1 fully saturated rings. The highest BCUT2D eigenvalue weighted by molar-refractivity contribution is 5.79. The molecule has 0 unspecified atom stereocenters. The van der Waals surface area contributed by atoms with Crippen LogP contribution in [0.4, 0.5) is 0 Å². The van der Waals surface area contributed by atoms with E-state index in [1.54, 1.807) is 0 Å². The molecule has 4 heteroatoms. The number of aliphatic imine (C=N–C) groups is 1. The van der Waals surface area contributed by atoms with Crippen LogP contribution in [-0.4, -0.2) is 38.3 Å². The Morgan fingerprint density at radius 3 is 2.47 bits per heavy atom. The number of rotatable bonds is 5. The van der Waals surface area contributed by atoms with E-state index in [0.717, 1.165) is 38.6 Å². The van der Waals surface area contributed by atoms with Crippen LogP contribution in [0.15, 0.2) is 4.99 Å². The van der Waals surface area contributed by atoms with E-state index in [0.29, 0.717) is 17.9 Å². The summed E-state index contributed by atoms with van der Waals surface area (Å²) in [5.41, 5.74) is 0. The summed E-state index contributed by atoms with van der Waals surface area (Å²) < 4.78 is 5.77. The Labute approximate surface area is 105 Å². The number of ether oxygens (including phenoxy) is 1. The third-order valence-electron chi connectivity index (χ3n) is 3.09. The quantitative estimate of drug-likeness (QED) is 0.568. The maximum atomic E-state index is 5.77. The summed E-state index contributed by atoms with van der Waals surface area (Å²) in [6, 6.07) is 0. The van der Waals surface area contributed by atoms with Crippen molar-refractivity contribution in [2.75, 3.05) is 26.2 Å². The highest BCUT2D eigenvalue weighted by Gasteiger charge is 2.30. The average molecular weight is 241 g/mol. The Balaban J connectivity index is 2.48. The van der Waals surface area contributed by atoms with Gasteiger partial charge in [-0.05, 0) is 26.2 Å². The fraction of sp³-hybridized carbons (Fsp3) is 0.923. The minimum atomic E-state index is 0.378. The highest BCUT2D eigenvalue weighted by atomic mass is 16.5. The SMILES string of the molecule is CCNC(=NC[C@@H]1CCO[C@@H]1C(C)C)NCC. The molecule has 0 aromatic heterocycles. The van der Waals surface area contributed by atoms with Crippen LogP contribution >= 0.6 is 0 Å². The molecule has 2 N–H and O–H groups in total. The van der Waals surface area contributed by atoms with Crippen molar-refractivity contribution < 1.29 is 4.74 Å². The lowest BCUT2D eigenvalue weighted by Crippen LogP contribution is -2.37. The molecule has 0 aliphatic carbocycles. The number of guanidine groups is 1. The third-order valence-corrected chi connectivity index (χ3v) is 3.09. The van der Waals surface area contributed by atoms with E-state index in [2.05, 4.69) is 43.3 Å². The topological polar surface area (TPSA) is 45.7 Å². The van der Waals surface area contributed by atoms with Gasteiger partial charge in [-0.25, -0.2) is 0 Å². The number of nitrogens with zero attached hydrogens (tertiary/aromatic N) is 1. The second kappa shape index (κ2) is 7.54. The lowest BCUT2D eigenvalue weighted by Gasteiger charge is -2.21. The Bertz CT molecular complexity index is 233. The highest BCUT2D eigenvalue weighted by Crippen LogP contribution is 2.26. The normalized spacial score (nSPS) is 23.8. The molecular formula is C13H27N3O. The van der Waals surface area contributed by atoms with E-state index < -0.39 is 0 Å². The third kappa shape index (κ3) is 4.54. The van der Waals surface area contributed by atoms with Gasteiger partial charge in [0.2, 0.25) is 0 Å². The van der Waals surface area contributed by atoms with Crippen LogP contribution in [-0.2, 0) is 4.74 Å². The van der Waals surface area contributed by atoms with Gasteiger partial charge >= 0.3 is 0 Å². The number of nitrogens with one attached hydrogen (secondary N) is 2. The largest absolute Gasteiger partial charge is 0.378 e. The van der Waals surface area contributed by atoms with Gasteiger partial charge < -0.3 is 15.4 Å². The minimum absolute atomic E-state index is 0.378. The van der Waals surface area contributed by atoms with E-state index in [1.165, 1.54) is 0 Å². The van der Waals surface area contributed by atoms with Gasteiger partial charge in [-0.15, -0.1) is 0 Å². The van der Waals surface area contributed by atoms with Crippen LogP contribution < -0.4 is 10.6 Å². The van der Waals surface area contributed by atoms with Gasteiger partial charge in [0.1, 0.15) is 0 Å². The molecule has 0 spiro atoms. The maximum absolute atomic E-state index is 5.77. The molecule has 4 nitrogen and oxygen atoms in total. The van der Waals surface area contributed by atoms with Crippen molar-refractivity contribution in [3.63, 3.8) is 0 Å². The Morgan fingerprint density at radius 2 is 1.94 bits per heavy atom. The molecule has 1 saturated heterocycles. The van der Waals surface area contributed by atoms with Crippen molar-refractivity contribution in [1.29, 1.82) is 0 Å². The minimum Gasteiger partial charge on any atom is -0.378 e. The van der Waals surface area contributed by atoms with E-state index >= 15 is 0 Å².